The highest BCUT2D eigenvalue weighted by Gasteiger charge is 2.08. The molecule has 25 heavy (non-hydrogen) atoms. The Labute approximate surface area is 156 Å². The van der Waals surface area contributed by atoms with Crippen molar-refractivity contribution in [2.24, 2.45) is 0 Å². The number of rotatable bonds is 6. The Morgan fingerprint density at radius 2 is 1.84 bits per heavy atom. The lowest BCUT2D eigenvalue weighted by molar-refractivity contribution is 0.837. The molecule has 0 saturated carbocycles. The quantitative estimate of drug-likeness (QED) is 0.683. The molecule has 0 fully saturated rings. The Hall–Kier alpha value is -2.37. The molecule has 0 atom stereocenters. The fourth-order valence-corrected chi connectivity index (χ4v) is 2.62. The van der Waals surface area contributed by atoms with Crippen molar-refractivity contribution in [3.05, 3.63) is 70.6 Å². The monoisotopic (exact) mass is 373 g/mol. The molecule has 7 heteroatoms. The van der Waals surface area contributed by atoms with Crippen LogP contribution < -0.4 is 10.2 Å². The summed E-state index contributed by atoms with van der Waals surface area (Å²) >= 11 is 12.2. The molecule has 0 bridgehead atoms. The van der Waals surface area contributed by atoms with E-state index in [-0.39, 0.29) is 0 Å². The summed E-state index contributed by atoms with van der Waals surface area (Å²) in [7, 11) is 1.96. The predicted molar refractivity (Wildman–Crippen MR) is 103 cm³/mol. The van der Waals surface area contributed by atoms with Crippen LogP contribution in [0.4, 0.5) is 17.5 Å². The van der Waals surface area contributed by atoms with Crippen LogP contribution in [0.3, 0.4) is 0 Å². The van der Waals surface area contributed by atoms with Gasteiger partial charge in [-0.25, -0.2) is 4.98 Å². The molecule has 0 spiro atoms. The number of nitrogens with one attached hydrogen (secondary N) is 1. The van der Waals surface area contributed by atoms with E-state index in [0.29, 0.717) is 27.5 Å². The third kappa shape index (κ3) is 4.81. The SMILES string of the molecule is CN(CCc1ccncc1)c1nccc(Nc2cc(Cl)ccc2Cl)n1. The zero-order valence-electron chi connectivity index (χ0n) is 13.7. The van der Waals surface area contributed by atoms with Crippen LogP contribution in [0.2, 0.25) is 10.0 Å². The molecule has 0 saturated heterocycles. The highest BCUT2D eigenvalue weighted by molar-refractivity contribution is 6.35. The van der Waals surface area contributed by atoms with Crippen LogP contribution in [0.1, 0.15) is 5.56 Å². The summed E-state index contributed by atoms with van der Waals surface area (Å²) in [6.45, 7) is 0.797. The van der Waals surface area contributed by atoms with E-state index in [1.165, 1.54) is 5.56 Å². The normalized spacial score (nSPS) is 10.5. The summed E-state index contributed by atoms with van der Waals surface area (Å²) in [5.41, 5.74) is 1.93. The number of hydrogen-bond acceptors (Lipinski definition) is 5. The van der Waals surface area contributed by atoms with Crippen LogP contribution in [0.15, 0.2) is 55.0 Å². The first kappa shape index (κ1) is 17.5. The molecule has 0 unspecified atom stereocenters. The van der Waals surface area contributed by atoms with Crippen LogP contribution in [0, 0.1) is 0 Å². The van der Waals surface area contributed by atoms with Gasteiger partial charge in [0.15, 0.2) is 0 Å². The van der Waals surface area contributed by atoms with Crippen LogP contribution in [-0.2, 0) is 6.42 Å². The van der Waals surface area contributed by atoms with Crippen molar-refractivity contribution in [2.75, 3.05) is 23.8 Å². The van der Waals surface area contributed by atoms with Crippen molar-refractivity contribution in [1.82, 2.24) is 15.0 Å². The largest absolute Gasteiger partial charge is 0.343 e. The minimum Gasteiger partial charge on any atom is -0.343 e. The minimum absolute atomic E-state index is 0.579. The average molecular weight is 374 g/mol. The zero-order valence-corrected chi connectivity index (χ0v) is 15.2. The highest BCUT2D eigenvalue weighted by atomic mass is 35.5. The first-order chi connectivity index (χ1) is 12.1. The average Bonchev–Trinajstić information content (AvgIpc) is 2.64. The number of halogens is 2. The van der Waals surface area contributed by atoms with Crippen molar-refractivity contribution in [2.45, 2.75) is 6.42 Å². The summed E-state index contributed by atoms with van der Waals surface area (Å²) < 4.78 is 0. The lowest BCUT2D eigenvalue weighted by Gasteiger charge is -2.18. The summed E-state index contributed by atoms with van der Waals surface area (Å²) in [4.78, 5) is 14.9. The fraction of sp³-hybridized carbons (Fsp3) is 0.167. The van der Waals surface area contributed by atoms with Gasteiger partial charge in [-0.05, 0) is 48.4 Å². The number of anilines is 3. The van der Waals surface area contributed by atoms with E-state index in [2.05, 4.69) is 20.3 Å². The first-order valence-electron chi connectivity index (χ1n) is 7.77. The molecule has 3 aromatic rings. The van der Waals surface area contributed by atoms with Crippen LogP contribution in [-0.4, -0.2) is 28.5 Å². The molecular formula is C18H17Cl2N5. The van der Waals surface area contributed by atoms with Crippen molar-refractivity contribution in [3.63, 3.8) is 0 Å². The van der Waals surface area contributed by atoms with Gasteiger partial charge in [-0.2, -0.15) is 4.98 Å². The van der Waals surface area contributed by atoms with Gasteiger partial charge in [0.25, 0.3) is 0 Å². The lowest BCUT2D eigenvalue weighted by atomic mass is 10.2. The van der Waals surface area contributed by atoms with Crippen molar-refractivity contribution in [1.29, 1.82) is 0 Å². The summed E-state index contributed by atoms with van der Waals surface area (Å²) in [6, 6.07) is 11.1. The van der Waals surface area contributed by atoms with Gasteiger partial charge in [0.1, 0.15) is 5.82 Å². The summed E-state index contributed by atoms with van der Waals surface area (Å²) in [5.74, 6) is 1.29. The number of pyridine rings is 1. The number of benzene rings is 1. The Morgan fingerprint density at radius 1 is 1.04 bits per heavy atom. The van der Waals surface area contributed by atoms with Gasteiger partial charge < -0.3 is 10.2 Å². The second kappa shape index (κ2) is 8.14. The molecule has 128 valence electrons. The van der Waals surface area contributed by atoms with E-state index in [4.69, 9.17) is 23.2 Å². The van der Waals surface area contributed by atoms with Gasteiger partial charge in [0.05, 0.1) is 10.7 Å². The molecule has 1 aromatic carbocycles. The predicted octanol–water partition coefficient (Wildman–Crippen LogP) is 4.60. The molecular weight excluding hydrogens is 357 g/mol. The maximum Gasteiger partial charge on any atom is 0.227 e. The smallest absolute Gasteiger partial charge is 0.227 e. The summed E-state index contributed by atoms with van der Waals surface area (Å²) in [6.07, 6.45) is 6.20. The Kier molecular flexibility index (Phi) is 5.68. The lowest BCUT2D eigenvalue weighted by Crippen LogP contribution is -2.22. The third-order valence-electron chi connectivity index (χ3n) is 3.66. The Bertz CT molecular complexity index is 842. The number of likely N-dealkylation sites (N-methyl/N-ethyl adjacent to an activating group) is 1. The molecule has 5 nitrogen and oxygen atoms in total. The molecule has 0 aliphatic heterocycles. The first-order valence-corrected chi connectivity index (χ1v) is 8.52. The van der Waals surface area contributed by atoms with E-state index in [9.17, 15) is 0 Å². The Balaban J connectivity index is 1.69. The third-order valence-corrected chi connectivity index (χ3v) is 4.23. The van der Waals surface area contributed by atoms with E-state index >= 15 is 0 Å². The van der Waals surface area contributed by atoms with Gasteiger partial charge in [-0.15, -0.1) is 0 Å². The number of hydrogen-bond donors (Lipinski definition) is 1. The van der Waals surface area contributed by atoms with Gasteiger partial charge in [0, 0.05) is 37.2 Å². The molecule has 0 radical (unpaired) electrons. The second-order valence-corrected chi connectivity index (χ2v) is 6.36. The highest BCUT2D eigenvalue weighted by Crippen LogP contribution is 2.28. The van der Waals surface area contributed by atoms with Gasteiger partial charge >= 0.3 is 0 Å². The molecule has 0 aliphatic rings. The molecule has 1 N–H and O–H groups in total. The topological polar surface area (TPSA) is 53.9 Å². The van der Waals surface area contributed by atoms with E-state index in [0.717, 1.165) is 13.0 Å². The zero-order chi connectivity index (χ0) is 17.6. The molecule has 2 aromatic heterocycles. The van der Waals surface area contributed by atoms with E-state index < -0.39 is 0 Å². The maximum absolute atomic E-state index is 6.19. The molecule has 2 heterocycles. The Morgan fingerprint density at radius 3 is 2.64 bits per heavy atom. The fourth-order valence-electron chi connectivity index (χ4n) is 2.28. The van der Waals surface area contributed by atoms with Gasteiger partial charge in [-0.1, -0.05) is 23.2 Å². The van der Waals surface area contributed by atoms with Crippen molar-refractivity contribution in [3.8, 4) is 0 Å². The molecule has 0 aliphatic carbocycles. The van der Waals surface area contributed by atoms with Crippen LogP contribution in [0.5, 0.6) is 0 Å². The van der Waals surface area contributed by atoms with Crippen LogP contribution in [0.25, 0.3) is 0 Å². The number of nitrogens with zero attached hydrogens (tertiary/aromatic N) is 4. The van der Waals surface area contributed by atoms with E-state index in [1.807, 2.05) is 24.1 Å². The second-order valence-electron chi connectivity index (χ2n) is 5.52. The minimum atomic E-state index is 0.579. The van der Waals surface area contributed by atoms with Gasteiger partial charge in [-0.3, -0.25) is 4.98 Å². The number of aromatic nitrogens is 3. The molecule has 0 amide bonds. The summed E-state index contributed by atoms with van der Waals surface area (Å²) in [5, 5.41) is 4.37. The molecule has 3 rings (SSSR count). The van der Waals surface area contributed by atoms with Crippen molar-refractivity contribution >= 4 is 40.7 Å². The maximum atomic E-state index is 6.19. The van der Waals surface area contributed by atoms with Crippen LogP contribution >= 0.6 is 23.2 Å². The van der Waals surface area contributed by atoms with Crippen molar-refractivity contribution < 1.29 is 0 Å². The van der Waals surface area contributed by atoms with Gasteiger partial charge in [0.2, 0.25) is 5.95 Å². The standard InChI is InChI=1S/C18H17Cl2N5/c1-25(11-7-13-4-8-21-9-5-13)18-22-10-6-17(24-18)23-16-12-14(19)2-3-15(16)20/h2-6,8-10,12H,7,11H2,1H3,(H,22,23,24). The van der Waals surface area contributed by atoms with E-state index in [1.54, 1.807) is 42.9 Å².